The van der Waals surface area contributed by atoms with Gasteiger partial charge in [-0.25, -0.2) is 0 Å². The van der Waals surface area contributed by atoms with Crippen molar-refractivity contribution in [1.29, 1.82) is 0 Å². The Bertz CT molecular complexity index is 281. The monoisotopic (exact) mass is 228 g/mol. The fourth-order valence-corrected chi connectivity index (χ4v) is 1.80. The van der Waals surface area contributed by atoms with Gasteiger partial charge in [0.25, 0.3) is 0 Å². The topological polar surface area (TPSA) is 75.4 Å². The lowest BCUT2D eigenvalue weighted by Crippen LogP contribution is -2.64. The van der Waals surface area contributed by atoms with E-state index >= 15 is 0 Å². The van der Waals surface area contributed by atoms with E-state index in [1.54, 1.807) is 0 Å². The predicted molar refractivity (Wildman–Crippen MR) is 63.8 cm³/mol. The molecule has 1 amide bonds. The van der Waals surface area contributed by atoms with Crippen molar-refractivity contribution >= 4 is 5.91 Å². The molecule has 0 aliphatic heterocycles. The number of aliphatic hydroxyl groups excluding tert-OH is 1. The second-order valence-electron chi connectivity index (χ2n) is 6.48. The summed E-state index contributed by atoms with van der Waals surface area (Å²) in [6, 6.07) is -0.482. The van der Waals surface area contributed by atoms with Crippen LogP contribution in [0.25, 0.3) is 0 Å². The fourth-order valence-electron chi connectivity index (χ4n) is 1.80. The minimum atomic E-state index is -0.513. The number of nitrogens with two attached hydrogens (primary N) is 1. The maximum Gasteiger partial charge on any atom is 0.237 e. The van der Waals surface area contributed by atoms with Crippen LogP contribution in [0.5, 0.6) is 0 Å². The van der Waals surface area contributed by atoms with Crippen LogP contribution in [0, 0.1) is 10.8 Å². The third-order valence-electron chi connectivity index (χ3n) is 3.75. The average molecular weight is 228 g/mol. The molecule has 4 N–H and O–H groups in total. The Morgan fingerprint density at radius 3 is 2.31 bits per heavy atom. The highest BCUT2D eigenvalue weighted by Crippen LogP contribution is 2.40. The van der Waals surface area contributed by atoms with E-state index in [0.717, 1.165) is 0 Å². The average Bonchev–Trinajstić information content (AvgIpc) is 2.14. The standard InChI is InChI=1S/C12H24N2O2/c1-11(2,3)9(13)10(16)14-7-6-8(15)12(7,4)5/h7-9,15H,6,13H2,1-5H3,(H,14,16). The largest absolute Gasteiger partial charge is 0.392 e. The Kier molecular flexibility index (Phi) is 3.37. The molecule has 0 radical (unpaired) electrons. The SMILES string of the molecule is CC(C)(C)C(N)C(=O)NC1CC(O)C1(C)C. The Hall–Kier alpha value is -0.610. The molecule has 4 nitrogen and oxygen atoms in total. The van der Waals surface area contributed by atoms with Crippen molar-refractivity contribution in [2.24, 2.45) is 16.6 Å². The number of amides is 1. The number of hydrogen-bond acceptors (Lipinski definition) is 3. The first-order valence-corrected chi connectivity index (χ1v) is 5.81. The maximum absolute atomic E-state index is 11.9. The highest BCUT2D eigenvalue weighted by Gasteiger charge is 2.48. The van der Waals surface area contributed by atoms with Crippen LogP contribution in [0.1, 0.15) is 41.0 Å². The minimum Gasteiger partial charge on any atom is -0.392 e. The van der Waals surface area contributed by atoms with E-state index in [2.05, 4.69) is 5.32 Å². The molecular formula is C12H24N2O2. The smallest absolute Gasteiger partial charge is 0.237 e. The van der Waals surface area contributed by atoms with Gasteiger partial charge in [-0.1, -0.05) is 34.6 Å². The summed E-state index contributed by atoms with van der Waals surface area (Å²) in [5.74, 6) is -0.127. The number of aliphatic hydroxyl groups is 1. The van der Waals surface area contributed by atoms with Crippen molar-refractivity contribution in [2.45, 2.75) is 59.2 Å². The summed E-state index contributed by atoms with van der Waals surface area (Å²) in [6.45, 7) is 9.73. The van der Waals surface area contributed by atoms with Gasteiger partial charge in [0.2, 0.25) is 5.91 Å². The molecule has 0 aromatic carbocycles. The van der Waals surface area contributed by atoms with Gasteiger partial charge in [-0.05, 0) is 11.8 Å². The third kappa shape index (κ3) is 2.38. The minimum absolute atomic E-state index is 0.0309. The Balaban J connectivity index is 2.54. The maximum atomic E-state index is 11.9. The van der Waals surface area contributed by atoms with Gasteiger partial charge in [0.05, 0.1) is 12.1 Å². The lowest BCUT2D eigenvalue weighted by Gasteiger charge is -2.49. The Morgan fingerprint density at radius 2 is 2.00 bits per heavy atom. The Morgan fingerprint density at radius 1 is 1.50 bits per heavy atom. The first kappa shape index (κ1) is 13.5. The summed E-state index contributed by atoms with van der Waals surface area (Å²) in [7, 11) is 0. The molecule has 1 saturated carbocycles. The van der Waals surface area contributed by atoms with Crippen LogP contribution in [-0.4, -0.2) is 29.2 Å². The molecule has 3 atom stereocenters. The summed E-state index contributed by atoms with van der Waals surface area (Å²) in [4.78, 5) is 11.9. The summed E-state index contributed by atoms with van der Waals surface area (Å²) in [5, 5.41) is 12.5. The van der Waals surface area contributed by atoms with E-state index in [1.165, 1.54) is 0 Å². The highest BCUT2D eigenvalue weighted by atomic mass is 16.3. The molecule has 1 aliphatic rings. The molecule has 0 bridgehead atoms. The highest BCUT2D eigenvalue weighted by molar-refractivity contribution is 5.82. The van der Waals surface area contributed by atoms with Crippen LogP contribution in [0.4, 0.5) is 0 Å². The molecule has 0 heterocycles. The van der Waals surface area contributed by atoms with Gasteiger partial charge in [-0.2, -0.15) is 0 Å². The van der Waals surface area contributed by atoms with Gasteiger partial charge in [0.1, 0.15) is 0 Å². The van der Waals surface area contributed by atoms with E-state index in [4.69, 9.17) is 5.73 Å². The first-order valence-electron chi connectivity index (χ1n) is 5.81. The Labute approximate surface area is 97.6 Å². The van der Waals surface area contributed by atoms with Crippen LogP contribution in [-0.2, 0) is 4.79 Å². The molecule has 0 spiro atoms. The zero-order chi connectivity index (χ0) is 12.7. The number of carbonyl (C=O) groups is 1. The molecule has 0 aromatic rings. The van der Waals surface area contributed by atoms with E-state index < -0.39 is 6.04 Å². The molecule has 3 unspecified atom stereocenters. The summed E-state index contributed by atoms with van der Waals surface area (Å²) < 4.78 is 0. The predicted octanol–water partition coefficient (Wildman–Crippen LogP) is 0.635. The van der Waals surface area contributed by atoms with Crippen molar-refractivity contribution in [2.75, 3.05) is 0 Å². The first-order chi connectivity index (χ1) is 7.06. The van der Waals surface area contributed by atoms with E-state index in [-0.39, 0.29) is 28.9 Å². The van der Waals surface area contributed by atoms with Crippen LogP contribution in [0.2, 0.25) is 0 Å². The number of carbonyl (C=O) groups excluding carboxylic acids is 1. The van der Waals surface area contributed by atoms with Crippen LogP contribution in [0.15, 0.2) is 0 Å². The number of rotatable bonds is 2. The van der Waals surface area contributed by atoms with Crippen LogP contribution in [0.3, 0.4) is 0 Å². The summed E-state index contributed by atoms with van der Waals surface area (Å²) in [6.07, 6.45) is 0.291. The molecule has 4 heteroatoms. The second kappa shape index (κ2) is 4.00. The molecule has 1 aliphatic carbocycles. The molecular weight excluding hydrogens is 204 g/mol. The van der Waals surface area contributed by atoms with Crippen molar-refractivity contribution < 1.29 is 9.90 Å². The molecule has 0 aromatic heterocycles. The summed E-state index contributed by atoms with van der Waals surface area (Å²) >= 11 is 0. The zero-order valence-electron chi connectivity index (χ0n) is 10.9. The number of nitrogens with one attached hydrogen (secondary N) is 1. The van der Waals surface area contributed by atoms with Crippen molar-refractivity contribution in [3.8, 4) is 0 Å². The quantitative estimate of drug-likeness (QED) is 0.649. The van der Waals surface area contributed by atoms with Gasteiger partial charge in [0, 0.05) is 11.5 Å². The van der Waals surface area contributed by atoms with Gasteiger partial charge < -0.3 is 16.2 Å². The lowest BCUT2D eigenvalue weighted by molar-refractivity contribution is -0.132. The van der Waals surface area contributed by atoms with Crippen molar-refractivity contribution in [1.82, 2.24) is 5.32 Å². The van der Waals surface area contributed by atoms with E-state index in [9.17, 15) is 9.90 Å². The normalized spacial score (nSPS) is 30.4. The van der Waals surface area contributed by atoms with Gasteiger partial charge >= 0.3 is 0 Å². The molecule has 1 fully saturated rings. The van der Waals surface area contributed by atoms with Crippen LogP contribution >= 0.6 is 0 Å². The second-order valence-corrected chi connectivity index (χ2v) is 6.48. The number of hydrogen-bond donors (Lipinski definition) is 3. The van der Waals surface area contributed by atoms with E-state index in [1.807, 2.05) is 34.6 Å². The molecule has 94 valence electrons. The third-order valence-corrected chi connectivity index (χ3v) is 3.75. The lowest BCUT2D eigenvalue weighted by atomic mass is 9.64. The fraction of sp³-hybridized carbons (Fsp3) is 0.917. The molecule has 1 rings (SSSR count). The van der Waals surface area contributed by atoms with Gasteiger partial charge in [-0.15, -0.1) is 0 Å². The van der Waals surface area contributed by atoms with Gasteiger partial charge in [0.15, 0.2) is 0 Å². The molecule has 16 heavy (non-hydrogen) atoms. The molecule has 0 saturated heterocycles. The van der Waals surface area contributed by atoms with E-state index in [0.29, 0.717) is 6.42 Å². The van der Waals surface area contributed by atoms with Crippen molar-refractivity contribution in [3.63, 3.8) is 0 Å². The van der Waals surface area contributed by atoms with Crippen LogP contribution < -0.4 is 11.1 Å². The van der Waals surface area contributed by atoms with Crippen molar-refractivity contribution in [3.05, 3.63) is 0 Å². The zero-order valence-corrected chi connectivity index (χ0v) is 10.9. The van der Waals surface area contributed by atoms with Gasteiger partial charge in [-0.3, -0.25) is 4.79 Å². The summed E-state index contributed by atoms with van der Waals surface area (Å²) in [5.41, 5.74) is 5.39.